The van der Waals surface area contributed by atoms with E-state index in [4.69, 9.17) is 5.11 Å². The first-order valence-corrected chi connectivity index (χ1v) is 7.59. The lowest BCUT2D eigenvalue weighted by atomic mass is 10.2. The van der Waals surface area contributed by atoms with E-state index in [2.05, 4.69) is 5.32 Å². The second kappa shape index (κ2) is 7.89. The number of carbonyl (C=O) groups excluding carboxylic acids is 1. The molecule has 6 heteroatoms. The summed E-state index contributed by atoms with van der Waals surface area (Å²) in [4.78, 5) is 25.6. The summed E-state index contributed by atoms with van der Waals surface area (Å²) in [6.07, 6.45) is 0.749. The number of thiophene rings is 1. The van der Waals surface area contributed by atoms with Gasteiger partial charge in [-0.25, -0.2) is 4.79 Å². The zero-order valence-electron chi connectivity index (χ0n) is 12.1. The molecule has 1 heterocycles. The molecule has 1 aromatic heterocycles. The number of carbonyl (C=O) groups is 2. The van der Waals surface area contributed by atoms with Crippen LogP contribution in [0.2, 0.25) is 0 Å². The van der Waals surface area contributed by atoms with Gasteiger partial charge in [0.2, 0.25) is 0 Å². The smallest absolute Gasteiger partial charge is 0.317 e. The van der Waals surface area contributed by atoms with Crippen molar-refractivity contribution in [2.45, 2.75) is 45.7 Å². The minimum absolute atomic E-state index is 0.0206. The van der Waals surface area contributed by atoms with Crippen molar-refractivity contribution in [1.29, 1.82) is 0 Å². The first-order chi connectivity index (χ1) is 9.40. The number of nitrogens with one attached hydrogen (secondary N) is 1. The summed E-state index contributed by atoms with van der Waals surface area (Å²) in [6.45, 7) is 5.94. The van der Waals surface area contributed by atoms with Gasteiger partial charge in [0.1, 0.15) is 0 Å². The van der Waals surface area contributed by atoms with Crippen molar-refractivity contribution in [2.24, 2.45) is 0 Å². The highest BCUT2D eigenvalue weighted by molar-refractivity contribution is 7.09. The van der Waals surface area contributed by atoms with Gasteiger partial charge in [0.15, 0.2) is 0 Å². The van der Waals surface area contributed by atoms with Crippen LogP contribution in [-0.2, 0) is 11.2 Å². The van der Waals surface area contributed by atoms with Crippen molar-refractivity contribution in [3.8, 4) is 0 Å². The van der Waals surface area contributed by atoms with Gasteiger partial charge in [0.25, 0.3) is 0 Å². The number of hydrogen-bond donors (Lipinski definition) is 2. The topological polar surface area (TPSA) is 69.6 Å². The molecule has 5 nitrogen and oxygen atoms in total. The maximum atomic E-state index is 12.2. The van der Waals surface area contributed by atoms with Crippen LogP contribution >= 0.6 is 11.3 Å². The van der Waals surface area contributed by atoms with Crippen molar-refractivity contribution in [2.75, 3.05) is 6.54 Å². The van der Waals surface area contributed by atoms with Crippen LogP contribution in [-0.4, -0.2) is 40.6 Å². The minimum atomic E-state index is -0.893. The Morgan fingerprint density at radius 3 is 2.60 bits per heavy atom. The molecule has 1 atom stereocenters. The van der Waals surface area contributed by atoms with Crippen LogP contribution in [0.25, 0.3) is 0 Å². The Morgan fingerprint density at radius 2 is 2.10 bits per heavy atom. The van der Waals surface area contributed by atoms with E-state index in [9.17, 15) is 9.59 Å². The van der Waals surface area contributed by atoms with Gasteiger partial charge in [-0.2, -0.15) is 0 Å². The summed E-state index contributed by atoms with van der Waals surface area (Å²) in [7, 11) is 0. The fourth-order valence-electron chi connectivity index (χ4n) is 1.89. The molecule has 0 spiro atoms. The molecule has 0 radical (unpaired) electrons. The van der Waals surface area contributed by atoms with E-state index in [1.54, 1.807) is 16.2 Å². The van der Waals surface area contributed by atoms with Crippen LogP contribution in [0.5, 0.6) is 0 Å². The third kappa shape index (κ3) is 5.61. The molecule has 0 saturated heterocycles. The summed E-state index contributed by atoms with van der Waals surface area (Å²) in [5.74, 6) is -0.893. The molecule has 0 aromatic carbocycles. The molecule has 0 saturated carbocycles. The highest BCUT2D eigenvalue weighted by Crippen LogP contribution is 2.11. The van der Waals surface area contributed by atoms with Crippen LogP contribution in [0.3, 0.4) is 0 Å². The largest absolute Gasteiger partial charge is 0.481 e. The van der Waals surface area contributed by atoms with Gasteiger partial charge < -0.3 is 15.3 Å². The van der Waals surface area contributed by atoms with Crippen molar-refractivity contribution >= 4 is 23.3 Å². The van der Waals surface area contributed by atoms with E-state index in [0.717, 1.165) is 6.42 Å². The van der Waals surface area contributed by atoms with Crippen LogP contribution in [0.4, 0.5) is 4.79 Å². The summed E-state index contributed by atoms with van der Waals surface area (Å²) >= 11 is 1.66. The Morgan fingerprint density at radius 1 is 1.40 bits per heavy atom. The molecule has 1 unspecified atom stereocenters. The average molecular weight is 298 g/mol. The van der Waals surface area contributed by atoms with Crippen molar-refractivity contribution in [3.05, 3.63) is 22.4 Å². The lowest BCUT2D eigenvalue weighted by molar-refractivity contribution is -0.137. The molecular formula is C14H22N2O3S. The Balaban J connectivity index is 2.50. The monoisotopic (exact) mass is 298 g/mol. The molecular weight excluding hydrogens is 276 g/mol. The molecule has 0 aliphatic carbocycles. The predicted octanol–water partition coefficient (Wildman–Crippen LogP) is 2.57. The molecule has 0 aliphatic heterocycles. The maximum absolute atomic E-state index is 12.2. The normalized spacial score (nSPS) is 12.2. The molecule has 1 aromatic rings. The Hall–Kier alpha value is -1.56. The molecule has 2 amide bonds. The van der Waals surface area contributed by atoms with Gasteiger partial charge in [-0.05, 0) is 32.2 Å². The highest BCUT2D eigenvalue weighted by atomic mass is 32.1. The lowest BCUT2D eigenvalue weighted by Crippen LogP contribution is -2.48. The molecule has 112 valence electrons. The molecule has 0 aliphatic rings. The number of carboxylic acid groups (broad SMARTS) is 1. The SMILES string of the molecule is CC(Cc1cccs1)NC(=O)N(CCC(=O)O)C(C)C. The van der Waals surface area contributed by atoms with Gasteiger partial charge in [-0.15, -0.1) is 11.3 Å². The first-order valence-electron chi connectivity index (χ1n) is 6.71. The van der Waals surface area contributed by atoms with Crippen LogP contribution in [0.1, 0.15) is 32.1 Å². The second-order valence-electron chi connectivity index (χ2n) is 5.06. The molecule has 0 bridgehead atoms. The van der Waals surface area contributed by atoms with Gasteiger partial charge in [-0.3, -0.25) is 4.79 Å². The molecule has 2 N–H and O–H groups in total. The Labute approximate surface area is 123 Å². The van der Waals surface area contributed by atoms with Crippen molar-refractivity contribution in [1.82, 2.24) is 10.2 Å². The van der Waals surface area contributed by atoms with Crippen molar-refractivity contribution < 1.29 is 14.7 Å². The quantitative estimate of drug-likeness (QED) is 0.813. The summed E-state index contributed by atoms with van der Waals surface area (Å²) in [5, 5.41) is 13.7. The van der Waals surface area contributed by atoms with Gasteiger partial charge in [0.05, 0.1) is 6.42 Å². The highest BCUT2D eigenvalue weighted by Gasteiger charge is 2.19. The summed E-state index contributed by atoms with van der Waals surface area (Å²) in [6, 6.07) is 3.82. The fraction of sp³-hybridized carbons (Fsp3) is 0.571. The van der Waals surface area contributed by atoms with Crippen molar-refractivity contribution in [3.63, 3.8) is 0 Å². The second-order valence-corrected chi connectivity index (χ2v) is 6.10. The number of nitrogens with zero attached hydrogens (tertiary/aromatic N) is 1. The standard InChI is InChI=1S/C14H22N2O3S/c1-10(2)16(7-6-13(17)18)14(19)15-11(3)9-12-5-4-8-20-12/h4-5,8,10-11H,6-7,9H2,1-3H3,(H,15,19)(H,17,18). The first kappa shape index (κ1) is 16.5. The van der Waals surface area contributed by atoms with Gasteiger partial charge in [0, 0.05) is 29.9 Å². The Bertz CT molecular complexity index is 432. The van der Waals surface area contributed by atoms with Gasteiger partial charge >= 0.3 is 12.0 Å². The fourth-order valence-corrected chi connectivity index (χ4v) is 2.72. The lowest BCUT2D eigenvalue weighted by Gasteiger charge is -2.28. The third-order valence-electron chi connectivity index (χ3n) is 2.91. The number of aliphatic carboxylic acids is 1. The van der Waals surface area contributed by atoms with E-state index < -0.39 is 5.97 Å². The minimum Gasteiger partial charge on any atom is -0.481 e. The molecule has 1 rings (SSSR count). The van der Waals surface area contributed by atoms with Crippen LogP contribution in [0, 0.1) is 0 Å². The third-order valence-corrected chi connectivity index (χ3v) is 3.81. The number of amides is 2. The van der Waals surface area contributed by atoms with Crippen LogP contribution < -0.4 is 5.32 Å². The van der Waals surface area contributed by atoms with E-state index in [-0.39, 0.29) is 31.1 Å². The summed E-state index contributed by atoms with van der Waals surface area (Å²) < 4.78 is 0. The zero-order chi connectivity index (χ0) is 15.1. The number of rotatable bonds is 7. The van der Waals surface area contributed by atoms with Crippen LogP contribution in [0.15, 0.2) is 17.5 Å². The maximum Gasteiger partial charge on any atom is 0.317 e. The number of hydrogen-bond acceptors (Lipinski definition) is 3. The predicted molar refractivity (Wildman–Crippen MR) is 80.1 cm³/mol. The molecule has 20 heavy (non-hydrogen) atoms. The number of urea groups is 1. The Kier molecular flexibility index (Phi) is 6.51. The number of carboxylic acids is 1. The average Bonchev–Trinajstić information content (AvgIpc) is 2.80. The van der Waals surface area contributed by atoms with E-state index >= 15 is 0 Å². The zero-order valence-corrected chi connectivity index (χ0v) is 12.9. The van der Waals surface area contributed by atoms with E-state index in [1.807, 2.05) is 38.3 Å². The molecule has 0 fully saturated rings. The van der Waals surface area contributed by atoms with E-state index in [0.29, 0.717) is 0 Å². The van der Waals surface area contributed by atoms with E-state index in [1.165, 1.54) is 4.88 Å². The summed E-state index contributed by atoms with van der Waals surface area (Å²) in [5.41, 5.74) is 0. The van der Waals surface area contributed by atoms with Gasteiger partial charge in [-0.1, -0.05) is 6.07 Å².